The third kappa shape index (κ3) is 1.17. The lowest BCUT2D eigenvalue weighted by Crippen LogP contribution is -2.26. The van der Waals surface area contributed by atoms with Crippen molar-refractivity contribution in [3.8, 4) is 5.75 Å². The molecule has 0 amide bonds. The molecule has 1 heterocycles. The average Bonchev–Trinajstić information content (AvgIpc) is 2.57. The summed E-state index contributed by atoms with van der Waals surface area (Å²) in [6, 6.07) is 1.47. The van der Waals surface area contributed by atoms with E-state index in [2.05, 4.69) is 5.32 Å². The summed E-state index contributed by atoms with van der Waals surface area (Å²) in [5.41, 5.74) is 0.426. The molecule has 14 heavy (non-hydrogen) atoms. The van der Waals surface area contributed by atoms with Gasteiger partial charge in [-0.05, 0) is 12.1 Å². The molecule has 1 unspecified atom stereocenters. The fourth-order valence-corrected chi connectivity index (χ4v) is 1.55. The van der Waals surface area contributed by atoms with Crippen LogP contribution in [0.25, 0.3) is 0 Å². The van der Waals surface area contributed by atoms with Crippen LogP contribution in [0.15, 0.2) is 12.1 Å². The fourth-order valence-electron chi connectivity index (χ4n) is 1.55. The second-order valence-electron chi connectivity index (χ2n) is 3.16. The minimum Gasteiger partial charge on any atom is -0.508 e. The van der Waals surface area contributed by atoms with Crippen LogP contribution in [-0.4, -0.2) is 22.2 Å². The van der Waals surface area contributed by atoms with Gasteiger partial charge in [-0.15, -0.1) is 0 Å². The van der Waals surface area contributed by atoms with Gasteiger partial charge in [0.1, 0.15) is 17.6 Å². The fraction of sp³-hybridized carbons (Fsp3) is 0.222. The van der Waals surface area contributed by atoms with Gasteiger partial charge < -0.3 is 15.5 Å². The largest absolute Gasteiger partial charge is 0.508 e. The zero-order valence-corrected chi connectivity index (χ0v) is 7.12. The minimum absolute atomic E-state index is 0.0716. The molecular weight excluding hydrogens is 189 g/mol. The van der Waals surface area contributed by atoms with Crippen LogP contribution in [0.4, 0.5) is 10.1 Å². The first-order chi connectivity index (χ1) is 6.59. The van der Waals surface area contributed by atoms with Gasteiger partial charge in [0.15, 0.2) is 0 Å². The molecule has 4 nitrogen and oxygen atoms in total. The molecule has 0 aromatic heterocycles. The second-order valence-corrected chi connectivity index (χ2v) is 3.16. The maximum atomic E-state index is 13.1. The number of fused-ring (bicyclic) bond motifs is 1. The highest BCUT2D eigenvalue weighted by molar-refractivity contribution is 5.82. The quantitative estimate of drug-likeness (QED) is 0.627. The molecule has 1 aliphatic rings. The topological polar surface area (TPSA) is 69.6 Å². The van der Waals surface area contributed by atoms with Crippen LogP contribution in [0.1, 0.15) is 5.56 Å². The van der Waals surface area contributed by atoms with Crippen molar-refractivity contribution in [3.63, 3.8) is 0 Å². The van der Waals surface area contributed by atoms with E-state index in [1.807, 2.05) is 0 Å². The summed E-state index contributed by atoms with van der Waals surface area (Å²) in [6.07, 6.45) is 0.105. The Bertz CT molecular complexity index is 374. The lowest BCUT2D eigenvalue weighted by atomic mass is 10.1. The summed E-state index contributed by atoms with van der Waals surface area (Å²) < 4.78 is 13.1. The van der Waals surface area contributed by atoms with Crippen molar-refractivity contribution in [2.45, 2.75) is 12.5 Å². The number of phenols is 1. The van der Waals surface area contributed by atoms with E-state index in [0.29, 0.717) is 5.56 Å². The molecule has 0 radical (unpaired) electrons. The predicted molar refractivity (Wildman–Crippen MR) is 46.8 cm³/mol. The zero-order valence-electron chi connectivity index (χ0n) is 7.12. The summed E-state index contributed by atoms with van der Waals surface area (Å²) in [5, 5.41) is 20.6. The van der Waals surface area contributed by atoms with E-state index in [-0.39, 0.29) is 17.9 Å². The normalized spacial score (nSPS) is 18.8. The Morgan fingerprint density at radius 1 is 1.57 bits per heavy atom. The van der Waals surface area contributed by atoms with Gasteiger partial charge in [-0.2, -0.15) is 0 Å². The Morgan fingerprint density at radius 2 is 2.29 bits per heavy atom. The highest BCUT2D eigenvalue weighted by Gasteiger charge is 2.30. The van der Waals surface area contributed by atoms with Gasteiger partial charge >= 0.3 is 5.97 Å². The van der Waals surface area contributed by atoms with Crippen LogP contribution in [0.2, 0.25) is 0 Å². The van der Waals surface area contributed by atoms with Crippen LogP contribution in [0.5, 0.6) is 5.75 Å². The molecule has 5 heteroatoms. The predicted octanol–water partition coefficient (Wildman–Crippen LogP) is 0.952. The third-order valence-corrected chi connectivity index (χ3v) is 2.26. The molecule has 1 aromatic carbocycles. The van der Waals surface area contributed by atoms with Crippen molar-refractivity contribution in [1.82, 2.24) is 0 Å². The van der Waals surface area contributed by atoms with Gasteiger partial charge in [0.2, 0.25) is 0 Å². The lowest BCUT2D eigenvalue weighted by Gasteiger charge is -2.04. The first-order valence-corrected chi connectivity index (χ1v) is 4.09. The summed E-state index contributed by atoms with van der Waals surface area (Å²) in [5.74, 6) is -1.67. The van der Waals surface area contributed by atoms with E-state index >= 15 is 0 Å². The molecule has 0 spiro atoms. The molecule has 1 aromatic rings. The SMILES string of the molecule is O=C(O)C1Cc2c(O)ccc(F)c2N1. The minimum atomic E-state index is -1.06. The molecule has 0 bridgehead atoms. The molecule has 0 fully saturated rings. The van der Waals surface area contributed by atoms with Crippen LogP contribution >= 0.6 is 0 Å². The standard InChI is InChI=1S/C9H8FNO3/c10-5-1-2-7(12)4-3-6(9(13)14)11-8(4)5/h1-2,6,11-12H,3H2,(H,13,14). The number of aromatic hydroxyl groups is 1. The molecule has 2 rings (SSSR count). The third-order valence-electron chi connectivity index (χ3n) is 2.26. The smallest absolute Gasteiger partial charge is 0.326 e. The number of benzene rings is 1. The van der Waals surface area contributed by atoms with Gasteiger partial charge in [-0.3, -0.25) is 0 Å². The van der Waals surface area contributed by atoms with Crippen molar-refractivity contribution in [2.24, 2.45) is 0 Å². The number of anilines is 1. The Labute approximate surface area is 79.0 Å². The number of phenolic OH excluding ortho intramolecular Hbond substituents is 1. The van der Waals surface area contributed by atoms with Gasteiger partial charge in [-0.25, -0.2) is 9.18 Å². The summed E-state index contributed by atoms with van der Waals surface area (Å²) in [4.78, 5) is 10.6. The van der Waals surface area contributed by atoms with E-state index in [1.165, 1.54) is 6.07 Å². The summed E-state index contributed by atoms with van der Waals surface area (Å²) >= 11 is 0. The Balaban J connectivity index is 2.43. The Morgan fingerprint density at radius 3 is 2.86 bits per heavy atom. The maximum Gasteiger partial charge on any atom is 0.326 e. The molecule has 74 valence electrons. The van der Waals surface area contributed by atoms with E-state index in [9.17, 15) is 14.3 Å². The van der Waals surface area contributed by atoms with Gasteiger partial charge in [0.25, 0.3) is 0 Å². The van der Waals surface area contributed by atoms with Crippen molar-refractivity contribution in [3.05, 3.63) is 23.5 Å². The number of nitrogens with one attached hydrogen (secondary N) is 1. The number of carboxylic acids is 1. The van der Waals surface area contributed by atoms with Crippen molar-refractivity contribution in [2.75, 3.05) is 5.32 Å². The molecular formula is C9H8FNO3. The van der Waals surface area contributed by atoms with Crippen molar-refractivity contribution >= 4 is 11.7 Å². The molecule has 0 aliphatic carbocycles. The zero-order chi connectivity index (χ0) is 10.3. The summed E-state index contributed by atoms with van der Waals surface area (Å²) in [7, 11) is 0. The molecule has 1 atom stereocenters. The monoisotopic (exact) mass is 197 g/mol. The lowest BCUT2D eigenvalue weighted by molar-refractivity contribution is -0.137. The number of halogens is 1. The maximum absolute atomic E-state index is 13.1. The number of carboxylic acid groups (broad SMARTS) is 1. The number of carbonyl (C=O) groups is 1. The van der Waals surface area contributed by atoms with Gasteiger partial charge in [-0.1, -0.05) is 0 Å². The number of hydrogen-bond donors (Lipinski definition) is 3. The molecule has 3 N–H and O–H groups in total. The number of aliphatic carboxylic acids is 1. The van der Waals surface area contributed by atoms with Crippen LogP contribution in [0, 0.1) is 5.82 Å². The molecule has 0 saturated carbocycles. The van der Waals surface area contributed by atoms with Crippen LogP contribution in [0.3, 0.4) is 0 Å². The summed E-state index contributed by atoms with van der Waals surface area (Å²) in [6.45, 7) is 0. The number of rotatable bonds is 1. The molecule has 1 aliphatic heterocycles. The second kappa shape index (κ2) is 2.87. The first-order valence-electron chi connectivity index (χ1n) is 4.09. The van der Waals surface area contributed by atoms with E-state index < -0.39 is 17.8 Å². The van der Waals surface area contributed by atoms with Crippen molar-refractivity contribution in [1.29, 1.82) is 0 Å². The van der Waals surface area contributed by atoms with Gasteiger partial charge in [0, 0.05) is 12.0 Å². The Kier molecular flexibility index (Phi) is 1.80. The average molecular weight is 197 g/mol. The van der Waals surface area contributed by atoms with E-state index in [0.717, 1.165) is 6.07 Å². The van der Waals surface area contributed by atoms with Crippen LogP contribution < -0.4 is 5.32 Å². The van der Waals surface area contributed by atoms with Crippen LogP contribution in [-0.2, 0) is 11.2 Å². The van der Waals surface area contributed by atoms with Gasteiger partial charge in [0.05, 0.1) is 5.69 Å². The van der Waals surface area contributed by atoms with Crippen molar-refractivity contribution < 1.29 is 19.4 Å². The number of hydrogen-bond acceptors (Lipinski definition) is 3. The Hall–Kier alpha value is -1.78. The first kappa shape index (κ1) is 8.80. The van der Waals surface area contributed by atoms with E-state index in [1.54, 1.807) is 0 Å². The highest BCUT2D eigenvalue weighted by Crippen LogP contribution is 2.35. The van der Waals surface area contributed by atoms with E-state index in [4.69, 9.17) is 5.11 Å². The molecule has 0 saturated heterocycles. The highest BCUT2D eigenvalue weighted by atomic mass is 19.1.